The smallest absolute Gasteiger partial charge is 0.410 e. The lowest BCUT2D eigenvalue weighted by Crippen LogP contribution is -2.42. The molecule has 64 heavy (non-hydrogen) atoms. The number of hydrogen-bond donors (Lipinski definition) is 0. The minimum atomic E-state index is -0.887. The summed E-state index contributed by atoms with van der Waals surface area (Å²) in [7, 11) is 0. The average molecular weight is 873 g/mol. The van der Waals surface area contributed by atoms with Gasteiger partial charge in [0.25, 0.3) is 0 Å². The van der Waals surface area contributed by atoms with Gasteiger partial charge in [0, 0.05) is 50.6 Å². The van der Waals surface area contributed by atoms with Gasteiger partial charge in [-0.1, -0.05) is 109 Å². The summed E-state index contributed by atoms with van der Waals surface area (Å²) in [6.07, 6.45) is 2.40. The third kappa shape index (κ3) is 10.5. The Morgan fingerprint density at radius 1 is 0.484 bits per heavy atom. The topological polar surface area (TPSA) is 164 Å². The quantitative estimate of drug-likeness (QED) is 0.0754. The summed E-state index contributed by atoms with van der Waals surface area (Å²) in [6.45, 7) is 1.99. The number of nitrogens with zero attached hydrogens (tertiary/aromatic N) is 2. The first-order valence-electron chi connectivity index (χ1n) is 21.8. The highest BCUT2D eigenvalue weighted by molar-refractivity contribution is 6.00. The van der Waals surface area contributed by atoms with Crippen molar-refractivity contribution < 1.29 is 57.2 Å². The molecule has 0 N–H and O–H groups in total. The van der Waals surface area contributed by atoms with Crippen molar-refractivity contribution in [2.24, 2.45) is 10.8 Å². The van der Waals surface area contributed by atoms with E-state index < -0.39 is 61.0 Å². The van der Waals surface area contributed by atoms with E-state index in [9.17, 15) is 28.8 Å². The minimum absolute atomic E-state index is 0.0668. The maximum absolute atomic E-state index is 13.5. The Labute approximate surface area is 371 Å². The molecule has 4 aromatic rings. The third-order valence-corrected chi connectivity index (χ3v) is 13.0. The van der Waals surface area contributed by atoms with E-state index in [-0.39, 0.29) is 24.0 Å². The first kappa shape index (κ1) is 44.2. The molecule has 4 aliphatic rings. The maximum Gasteiger partial charge on any atom is 0.410 e. The summed E-state index contributed by atoms with van der Waals surface area (Å²) in [4.78, 5) is 82.8. The molecule has 4 aliphatic heterocycles. The van der Waals surface area contributed by atoms with Gasteiger partial charge in [-0.25, -0.2) is 19.2 Å². The highest BCUT2D eigenvalue weighted by Gasteiger charge is 2.52. The second kappa shape index (κ2) is 20.0. The van der Waals surface area contributed by atoms with Crippen molar-refractivity contribution in [1.29, 1.82) is 0 Å². The van der Waals surface area contributed by atoms with Gasteiger partial charge in [-0.2, -0.15) is 0 Å². The van der Waals surface area contributed by atoms with Crippen LogP contribution in [0.5, 0.6) is 0 Å². The summed E-state index contributed by atoms with van der Waals surface area (Å²) in [5.41, 5.74) is 3.30. The molecule has 0 aromatic heterocycles. The van der Waals surface area contributed by atoms with Gasteiger partial charge in [0.15, 0.2) is 24.8 Å². The Kier molecular flexibility index (Phi) is 13.8. The monoisotopic (exact) mass is 872 g/mol. The minimum Gasteiger partial charge on any atom is -0.456 e. The zero-order valence-corrected chi connectivity index (χ0v) is 35.7. The molecule has 2 spiro atoms. The number of ketones is 2. The van der Waals surface area contributed by atoms with Crippen LogP contribution in [0, 0.1) is 10.8 Å². The standard InChI is InChI=1S/C50H52N2O12/c53-43(31-61-45(55)41-27-49(19-23-59-24-20-49)33-51(41)47(57)63-29-35-7-3-1-4-8-35)39-15-11-37(12-16-39)38-13-17-40(18-14-38)44(54)32-62-46(56)42-28-50(21-25-60-26-22-50)34-52(42)48(58)64-30-36-9-5-2-6-10-36/h1-18,41-42H,19-34H2. The molecule has 0 bridgehead atoms. The van der Waals surface area contributed by atoms with Crippen molar-refractivity contribution in [3.05, 3.63) is 131 Å². The number of carbonyl (C=O) groups excluding carboxylic acids is 6. The normalized spacial score (nSPS) is 19.8. The average Bonchev–Trinajstić information content (AvgIpc) is 3.90. The van der Waals surface area contributed by atoms with Gasteiger partial charge < -0.3 is 28.4 Å². The Morgan fingerprint density at radius 2 is 0.844 bits per heavy atom. The third-order valence-electron chi connectivity index (χ3n) is 13.0. The molecule has 334 valence electrons. The zero-order valence-electron chi connectivity index (χ0n) is 35.7. The van der Waals surface area contributed by atoms with Crippen molar-refractivity contribution in [2.45, 2.75) is 63.8 Å². The molecule has 0 radical (unpaired) electrons. The predicted molar refractivity (Wildman–Crippen MR) is 231 cm³/mol. The fourth-order valence-corrected chi connectivity index (χ4v) is 9.18. The molecule has 2 amide bonds. The van der Waals surface area contributed by atoms with E-state index in [1.807, 2.05) is 60.7 Å². The number of Topliss-reactive ketones (excluding diaryl/α,β-unsaturated/α-hetero) is 2. The molecule has 2 atom stereocenters. The maximum atomic E-state index is 13.5. The highest BCUT2D eigenvalue weighted by atomic mass is 16.6. The van der Waals surface area contributed by atoms with Gasteiger partial charge >= 0.3 is 24.1 Å². The lowest BCUT2D eigenvalue weighted by molar-refractivity contribution is -0.148. The molecule has 14 nitrogen and oxygen atoms in total. The van der Waals surface area contributed by atoms with Crippen LogP contribution in [-0.2, 0) is 51.2 Å². The second-order valence-corrected chi connectivity index (χ2v) is 17.2. The molecule has 8 rings (SSSR count). The second-order valence-electron chi connectivity index (χ2n) is 17.2. The lowest BCUT2D eigenvalue weighted by Gasteiger charge is -2.32. The first-order valence-corrected chi connectivity index (χ1v) is 21.8. The summed E-state index contributed by atoms with van der Waals surface area (Å²) < 4.78 is 33.4. The Bertz CT molecular complexity index is 2130. The number of likely N-dealkylation sites (tertiary alicyclic amines) is 2. The number of ether oxygens (including phenoxy) is 6. The molecule has 4 heterocycles. The van der Waals surface area contributed by atoms with E-state index in [0.717, 1.165) is 22.3 Å². The summed E-state index contributed by atoms with van der Waals surface area (Å²) in [6, 6.07) is 30.4. The van der Waals surface area contributed by atoms with E-state index in [2.05, 4.69) is 0 Å². The van der Waals surface area contributed by atoms with Gasteiger partial charge in [-0.3, -0.25) is 19.4 Å². The highest BCUT2D eigenvalue weighted by Crippen LogP contribution is 2.45. The number of carbonyl (C=O) groups is 6. The van der Waals surface area contributed by atoms with Gasteiger partial charge in [0.1, 0.15) is 25.3 Å². The van der Waals surface area contributed by atoms with E-state index in [0.29, 0.717) is 89.2 Å². The molecule has 14 heteroatoms. The van der Waals surface area contributed by atoms with Crippen LogP contribution >= 0.6 is 0 Å². The molecule has 0 aliphatic carbocycles. The predicted octanol–water partition coefficient (Wildman–Crippen LogP) is 7.22. The van der Waals surface area contributed by atoms with E-state index >= 15 is 0 Å². The van der Waals surface area contributed by atoms with E-state index in [1.54, 1.807) is 48.5 Å². The van der Waals surface area contributed by atoms with Crippen LogP contribution in [0.4, 0.5) is 9.59 Å². The molecule has 4 aromatic carbocycles. The summed E-state index contributed by atoms with van der Waals surface area (Å²) in [5, 5.41) is 0. The van der Waals surface area contributed by atoms with Crippen LogP contribution in [0.2, 0.25) is 0 Å². The van der Waals surface area contributed by atoms with Crippen LogP contribution in [0.3, 0.4) is 0 Å². The molecular weight excluding hydrogens is 821 g/mol. The number of hydrogen-bond acceptors (Lipinski definition) is 12. The lowest BCUT2D eigenvalue weighted by atomic mass is 9.78. The largest absolute Gasteiger partial charge is 0.456 e. The Morgan fingerprint density at radius 3 is 1.20 bits per heavy atom. The van der Waals surface area contributed by atoms with Crippen molar-refractivity contribution in [3.63, 3.8) is 0 Å². The number of amides is 2. The SMILES string of the molecule is O=C(COC(=O)C1CC2(CCOCC2)CN1C(=O)OCc1ccccc1)c1ccc(-c2ccc(C(=O)COC(=O)C3CC4(CCOCC4)CN3C(=O)OCc3ccccc3)cc2)cc1. The van der Waals surface area contributed by atoms with Gasteiger partial charge in [0.2, 0.25) is 0 Å². The molecule has 4 fully saturated rings. The van der Waals surface area contributed by atoms with E-state index in [1.165, 1.54) is 9.80 Å². The first-order chi connectivity index (χ1) is 31.1. The van der Waals surface area contributed by atoms with Crippen LogP contribution in [0.25, 0.3) is 11.1 Å². The number of esters is 2. The Hall–Kier alpha value is -6.38. The zero-order chi connectivity index (χ0) is 44.5. The van der Waals surface area contributed by atoms with Crippen LogP contribution < -0.4 is 0 Å². The molecule has 2 unspecified atom stereocenters. The Balaban J connectivity index is 0.829. The van der Waals surface area contributed by atoms with E-state index in [4.69, 9.17) is 28.4 Å². The van der Waals surface area contributed by atoms with Gasteiger partial charge in [0.05, 0.1) is 0 Å². The van der Waals surface area contributed by atoms with Crippen LogP contribution in [0.1, 0.15) is 70.4 Å². The van der Waals surface area contributed by atoms with Crippen LogP contribution in [0.15, 0.2) is 109 Å². The molecule has 4 saturated heterocycles. The fraction of sp³-hybridized carbons (Fsp3) is 0.400. The van der Waals surface area contributed by atoms with Gasteiger partial charge in [-0.15, -0.1) is 0 Å². The number of rotatable bonds is 13. The number of benzene rings is 4. The van der Waals surface area contributed by atoms with Crippen molar-refractivity contribution >= 4 is 35.7 Å². The molecular formula is C50H52N2O12. The van der Waals surface area contributed by atoms with Crippen LogP contribution in [-0.4, -0.2) is 110 Å². The summed E-state index contributed by atoms with van der Waals surface area (Å²) >= 11 is 0. The van der Waals surface area contributed by atoms with Crippen molar-refractivity contribution in [1.82, 2.24) is 9.80 Å². The molecule has 0 saturated carbocycles. The summed E-state index contributed by atoms with van der Waals surface area (Å²) in [5.74, 6) is -2.12. The fourth-order valence-electron chi connectivity index (χ4n) is 9.18. The van der Waals surface area contributed by atoms with Crippen molar-refractivity contribution in [3.8, 4) is 11.1 Å². The van der Waals surface area contributed by atoms with Gasteiger partial charge in [-0.05, 0) is 71.6 Å². The van der Waals surface area contributed by atoms with Crippen molar-refractivity contribution in [2.75, 3.05) is 52.7 Å².